The van der Waals surface area contributed by atoms with Gasteiger partial charge < -0.3 is 19.7 Å². The van der Waals surface area contributed by atoms with Gasteiger partial charge in [0.15, 0.2) is 11.8 Å². The zero-order chi connectivity index (χ0) is 24.2. The molecule has 0 radical (unpaired) electrons. The molecule has 0 spiro atoms. The summed E-state index contributed by atoms with van der Waals surface area (Å²) >= 11 is 13.4. The first-order chi connectivity index (χ1) is 16.4. The summed E-state index contributed by atoms with van der Waals surface area (Å²) in [5, 5.41) is 6.24. The van der Waals surface area contributed by atoms with Crippen molar-refractivity contribution in [3.05, 3.63) is 81.0 Å². The number of allylic oxidation sites excluding steroid dienone is 1. The quantitative estimate of drug-likeness (QED) is 0.469. The molecule has 0 unspecified atom stereocenters. The van der Waals surface area contributed by atoms with Gasteiger partial charge in [-0.3, -0.25) is 4.79 Å². The van der Waals surface area contributed by atoms with Crippen LogP contribution in [0, 0.1) is 0 Å². The summed E-state index contributed by atoms with van der Waals surface area (Å²) in [6, 6.07) is 11.6. The van der Waals surface area contributed by atoms with Crippen molar-refractivity contribution in [1.29, 1.82) is 0 Å². The molecule has 176 valence electrons. The average molecular weight is 518 g/mol. The number of esters is 1. The molecule has 0 saturated heterocycles. The van der Waals surface area contributed by atoms with Crippen LogP contribution in [0.25, 0.3) is 0 Å². The van der Waals surface area contributed by atoms with Crippen molar-refractivity contribution in [2.45, 2.75) is 19.9 Å². The molecule has 0 saturated carbocycles. The number of amidine groups is 1. The second-order valence-corrected chi connectivity index (χ2v) is 9.14. The smallest absolute Gasteiger partial charge is 0.338 e. The van der Waals surface area contributed by atoms with Crippen molar-refractivity contribution >= 4 is 57.7 Å². The highest BCUT2D eigenvalue weighted by Gasteiger charge is 2.37. The van der Waals surface area contributed by atoms with Crippen molar-refractivity contribution in [3.63, 3.8) is 0 Å². The Labute approximate surface area is 211 Å². The summed E-state index contributed by atoms with van der Waals surface area (Å²) in [5.74, 6) is -0.292. The first-order valence-corrected chi connectivity index (χ1v) is 12.1. The Morgan fingerprint density at radius 1 is 1.18 bits per heavy atom. The molecule has 0 aliphatic carbocycles. The summed E-state index contributed by atoms with van der Waals surface area (Å²) < 4.78 is 11.0. The van der Waals surface area contributed by atoms with E-state index in [1.165, 1.54) is 11.8 Å². The van der Waals surface area contributed by atoms with Crippen LogP contribution < -0.4 is 10.1 Å². The maximum atomic E-state index is 12.8. The van der Waals surface area contributed by atoms with E-state index in [-0.39, 0.29) is 19.1 Å². The Hall–Kier alpha value is -2.94. The van der Waals surface area contributed by atoms with Gasteiger partial charge >= 0.3 is 5.97 Å². The molecule has 4 rings (SSSR count). The van der Waals surface area contributed by atoms with E-state index >= 15 is 0 Å². The number of carbonyl (C=O) groups excluding carboxylic acids is 2. The van der Waals surface area contributed by atoms with Crippen molar-refractivity contribution in [2.24, 2.45) is 4.99 Å². The average Bonchev–Trinajstić information content (AvgIpc) is 3.24. The third-order valence-corrected chi connectivity index (χ3v) is 6.21. The van der Waals surface area contributed by atoms with Gasteiger partial charge in [0.25, 0.3) is 5.91 Å². The minimum absolute atomic E-state index is 0.218. The minimum atomic E-state index is -0.427. The molecular formula is C24H21Cl2N3O4S. The zero-order valence-corrected chi connectivity index (χ0v) is 20.7. The Bertz CT molecular complexity index is 1210. The van der Waals surface area contributed by atoms with E-state index in [9.17, 15) is 9.59 Å². The summed E-state index contributed by atoms with van der Waals surface area (Å²) in [6.07, 6.45) is 1.89. The lowest BCUT2D eigenvalue weighted by Gasteiger charge is -2.33. The normalized spacial score (nSPS) is 16.8. The van der Waals surface area contributed by atoms with Crippen LogP contribution in [-0.2, 0) is 14.3 Å². The summed E-state index contributed by atoms with van der Waals surface area (Å²) in [6.45, 7) is 3.61. The van der Waals surface area contributed by atoms with Crippen LogP contribution in [0.15, 0.2) is 70.3 Å². The predicted molar refractivity (Wildman–Crippen MR) is 135 cm³/mol. The molecule has 1 atom stereocenters. The molecule has 2 heterocycles. The van der Waals surface area contributed by atoms with E-state index in [2.05, 4.69) is 10.3 Å². The molecule has 0 aromatic heterocycles. The van der Waals surface area contributed by atoms with E-state index in [4.69, 9.17) is 32.7 Å². The van der Waals surface area contributed by atoms with Gasteiger partial charge in [0.1, 0.15) is 5.75 Å². The van der Waals surface area contributed by atoms with Crippen LogP contribution in [0.5, 0.6) is 5.75 Å². The Morgan fingerprint density at radius 3 is 2.68 bits per heavy atom. The number of rotatable bonds is 7. The van der Waals surface area contributed by atoms with Crippen LogP contribution in [0.4, 0.5) is 5.69 Å². The molecule has 0 fully saturated rings. The number of fused-ring (bicyclic) bond motifs is 1. The third-order valence-electron chi connectivity index (χ3n) is 5.01. The number of benzene rings is 2. The van der Waals surface area contributed by atoms with Crippen LogP contribution in [-0.4, -0.2) is 35.2 Å². The van der Waals surface area contributed by atoms with E-state index in [0.717, 1.165) is 10.7 Å². The molecule has 2 aromatic carbocycles. The van der Waals surface area contributed by atoms with Gasteiger partial charge in [0.2, 0.25) is 0 Å². The number of amides is 1. The molecule has 1 N–H and O–H groups in total. The molecule has 2 aliphatic heterocycles. The standard InChI is InChI=1S/C24H21Cl2N3O4S/c1-3-32-23(31)21-14(2)27-24-29(7-8-34-24)22(21)15-5-4-6-19(9-15)33-13-20(30)28-18-11-16(25)10-17(26)12-18/h4-12,22H,3,13H2,1-2H3,(H,28,30)/t22-/m1/s1. The maximum Gasteiger partial charge on any atom is 0.338 e. The largest absolute Gasteiger partial charge is 0.484 e. The zero-order valence-electron chi connectivity index (χ0n) is 18.4. The van der Waals surface area contributed by atoms with Crippen molar-refractivity contribution in [2.75, 3.05) is 18.5 Å². The fourth-order valence-corrected chi connectivity index (χ4v) is 4.96. The Kier molecular flexibility index (Phi) is 7.50. The van der Waals surface area contributed by atoms with Crippen LogP contribution in [0.1, 0.15) is 25.5 Å². The predicted octanol–water partition coefficient (Wildman–Crippen LogP) is 5.78. The highest BCUT2D eigenvalue weighted by atomic mass is 35.5. The van der Waals surface area contributed by atoms with Crippen LogP contribution >= 0.6 is 35.0 Å². The molecule has 34 heavy (non-hydrogen) atoms. The number of hydrogen-bond donors (Lipinski definition) is 1. The molecule has 2 aliphatic rings. The van der Waals surface area contributed by atoms with Crippen molar-refractivity contribution < 1.29 is 19.1 Å². The number of thioether (sulfide) groups is 1. The van der Waals surface area contributed by atoms with E-state index in [1.807, 2.05) is 28.6 Å². The fourth-order valence-electron chi connectivity index (χ4n) is 3.64. The van der Waals surface area contributed by atoms with E-state index < -0.39 is 12.0 Å². The molecule has 10 heteroatoms. The van der Waals surface area contributed by atoms with Gasteiger partial charge in [-0.25, -0.2) is 9.79 Å². The molecule has 0 bridgehead atoms. The number of halogens is 2. The first kappa shape index (κ1) is 24.2. The summed E-state index contributed by atoms with van der Waals surface area (Å²) in [7, 11) is 0. The lowest BCUT2D eigenvalue weighted by Crippen LogP contribution is -2.34. The third kappa shape index (κ3) is 5.41. The molecular weight excluding hydrogens is 497 g/mol. The van der Waals surface area contributed by atoms with Gasteiger partial charge in [-0.05, 0) is 55.2 Å². The highest BCUT2D eigenvalue weighted by Crippen LogP contribution is 2.41. The van der Waals surface area contributed by atoms with Gasteiger partial charge in [-0.1, -0.05) is 47.1 Å². The molecule has 2 aromatic rings. The summed E-state index contributed by atoms with van der Waals surface area (Å²) in [5.41, 5.74) is 2.36. The SMILES string of the molecule is CCOC(=O)C1=C(C)N=C2SC=CN2[C@@H]1c1cccc(OCC(=O)Nc2cc(Cl)cc(Cl)c2)c1. The lowest BCUT2D eigenvalue weighted by molar-refractivity contribution is -0.139. The maximum absolute atomic E-state index is 12.8. The summed E-state index contributed by atoms with van der Waals surface area (Å²) in [4.78, 5) is 31.7. The fraction of sp³-hybridized carbons (Fsp3) is 0.208. The van der Waals surface area contributed by atoms with Gasteiger partial charge in [0, 0.05) is 21.9 Å². The van der Waals surface area contributed by atoms with Gasteiger partial charge in [-0.2, -0.15) is 0 Å². The number of nitrogens with zero attached hydrogens (tertiary/aromatic N) is 2. The second kappa shape index (κ2) is 10.5. The van der Waals surface area contributed by atoms with Gasteiger partial charge in [-0.15, -0.1) is 0 Å². The number of nitrogens with one attached hydrogen (secondary N) is 1. The Morgan fingerprint density at radius 2 is 1.94 bits per heavy atom. The van der Waals surface area contributed by atoms with Crippen LogP contribution in [0.2, 0.25) is 10.0 Å². The minimum Gasteiger partial charge on any atom is -0.484 e. The molecule has 1 amide bonds. The molecule has 7 nitrogen and oxygen atoms in total. The van der Waals surface area contributed by atoms with E-state index in [0.29, 0.717) is 32.8 Å². The number of carbonyl (C=O) groups is 2. The lowest BCUT2D eigenvalue weighted by atomic mass is 9.94. The first-order valence-electron chi connectivity index (χ1n) is 10.4. The number of aliphatic imine (C=N–C) groups is 1. The Balaban J connectivity index is 1.52. The topological polar surface area (TPSA) is 80.2 Å². The second-order valence-electron chi connectivity index (χ2n) is 7.39. The van der Waals surface area contributed by atoms with Gasteiger partial charge in [0.05, 0.1) is 23.9 Å². The highest BCUT2D eigenvalue weighted by molar-refractivity contribution is 8.16. The number of hydrogen-bond acceptors (Lipinski definition) is 7. The number of anilines is 1. The number of ether oxygens (including phenoxy) is 2. The van der Waals surface area contributed by atoms with E-state index in [1.54, 1.807) is 44.2 Å². The van der Waals surface area contributed by atoms with Crippen molar-refractivity contribution in [1.82, 2.24) is 4.90 Å². The van der Waals surface area contributed by atoms with Crippen molar-refractivity contribution in [3.8, 4) is 5.75 Å². The van der Waals surface area contributed by atoms with Crippen LogP contribution in [0.3, 0.4) is 0 Å². The monoisotopic (exact) mass is 517 g/mol.